The lowest BCUT2D eigenvalue weighted by Crippen LogP contribution is -2.22. The van der Waals surface area contributed by atoms with Gasteiger partial charge in [-0.1, -0.05) is 18.2 Å². The minimum absolute atomic E-state index is 0.00419. The molecule has 8 nitrogen and oxygen atoms in total. The van der Waals surface area contributed by atoms with Gasteiger partial charge in [-0.15, -0.1) is 0 Å². The fraction of sp³-hybridized carbons (Fsp3) is 0.111. The van der Waals surface area contributed by atoms with Gasteiger partial charge >= 0.3 is 0 Å². The maximum atomic E-state index is 12.1. The second-order valence-corrected chi connectivity index (χ2v) is 5.63. The third-order valence-electron chi connectivity index (χ3n) is 3.90. The van der Waals surface area contributed by atoms with Crippen LogP contribution in [0.3, 0.4) is 0 Å². The quantitative estimate of drug-likeness (QED) is 0.546. The molecule has 26 heavy (non-hydrogen) atoms. The Labute approximate surface area is 147 Å². The summed E-state index contributed by atoms with van der Waals surface area (Å²) in [5.74, 6) is 0.984. The van der Waals surface area contributed by atoms with Crippen molar-refractivity contribution in [3.05, 3.63) is 64.1 Å². The molecule has 0 radical (unpaired) electrons. The molecule has 3 aromatic rings. The number of aromatic amines is 1. The predicted molar refractivity (Wildman–Crippen MR) is 94.4 cm³/mol. The summed E-state index contributed by atoms with van der Waals surface area (Å²) >= 11 is 0. The normalized spacial score (nSPS) is 12.6. The molecule has 0 saturated heterocycles. The van der Waals surface area contributed by atoms with Gasteiger partial charge in [0.25, 0.3) is 5.56 Å². The number of nitrogens with one attached hydrogen (secondary N) is 2. The van der Waals surface area contributed by atoms with Gasteiger partial charge in [-0.05, 0) is 29.8 Å². The molecular weight excluding hydrogens is 336 g/mol. The molecule has 2 aromatic carbocycles. The highest BCUT2D eigenvalue weighted by Crippen LogP contribution is 2.31. The van der Waals surface area contributed by atoms with Gasteiger partial charge in [0.1, 0.15) is 0 Å². The lowest BCUT2D eigenvalue weighted by molar-refractivity contribution is -0.120. The molecule has 0 atom stereocenters. The summed E-state index contributed by atoms with van der Waals surface area (Å²) in [6, 6.07) is 12.4. The number of amides is 1. The van der Waals surface area contributed by atoms with E-state index in [1.807, 2.05) is 0 Å². The SMILES string of the molecule is O=C(Cc1n[nH]c(=O)c2ccccc12)N/N=C/c1ccc2c(c1)OCO2. The number of benzene rings is 2. The van der Waals surface area contributed by atoms with Crippen molar-refractivity contribution in [1.82, 2.24) is 15.6 Å². The van der Waals surface area contributed by atoms with Crippen LogP contribution in [0, 0.1) is 0 Å². The number of nitrogens with zero attached hydrogens (tertiary/aromatic N) is 2. The number of carbonyl (C=O) groups excluding carboxylic acids is 1. The number of hydrogen-bond donors (Lipinski definition) is 2. The third kappa shape index (κ3) is 3.12. The predicted octanol–water partition coefficient (Wildman–Crippen LogP) is 1.34. The van der Waals surface area contributed by atoms with E-state index in [4.69, 9.17) is 9.47 Å². The number of ether oxygens (including phenoxy) is 2. The van der Waals surface area contributed by atoms with E-state index >= 15 is 0 Å². The zero-order chi connectivity index (χ0) is 17.9. The molecule has 1 aliphatic rings. The molecule has 1 aromatic heterocycles. The molecular formula is C18H14N4O4. The van der Waals surface area contributed by atoms with Crippen molar-refractivity contribution in [3.63, 3.8) is 0 Å². The summed E-state index contributed by atoms with van der Waals surface area (Å²) in [7, 11) is 0. The summed E-state index contributed by atoms with van der Waals surface area (Å²) in [6.07, 6.45) is 1.51. The van der Waals surface area contributed by atoms with E-state index in [1.54, 1.807) is 42.5 Å². The first-order chi connectivity index (χ1) is 12.7. The van der Waals surface area contributed by atoms with Gasteiger partial charge < -0.3 is 9.47 Å². The molecule has 1 amide bonds. The molecule has 8 heteroatoms. The van der Waals surface area contributed by atoms with Crippen molar-refractivity contribution in [1.29, 1.82) is 0 Å². The fourth-order valence-electron chi connectivity index (χ4n) is 2.67. The number of carbonyl (C=O) groups is 1. The Balaban J connectivity index is 1.45. The van der Waals surface area contributed by atoms with Gasteiger partial charge in [0.2, 0.25) is 12.7 Å². The van der Waals surface area contributed by atoms with E-state index in [1.165, 1.54) is 6.21 Å². The Morgan fingerprint density at radius 3 is 2.88 bits per heavy atom. The Morgan fingerprint density at radius 1 is 1.19 bits per heavy atom. The number of rotatable bonds is 4. The maximum absolute atomic E-state index is 12.1. The lowest BCUT2D eigenvalue weighted by Gasteiger charge is -2.04. The molecule has 0 unspecified atom stereocenters. The number of hydrazone groups is 1. The summed E-state index contributed by atoms with van der Waals surface area (Å²) in [5, 5.41) is 11.5. The first-order valence-electron chi connectivity index (χ1n) is 7.88. The van der Waals surface area contributed by atoms with Gasteiger partial charge in [-0.25, -0.2) is 10.5 Å². The van der Waals surface area contributed by atoms with Crippen molar-refractivity contribution in [2.75, 3.05) is 6.79 Å². The van der Waals surface area contributed by atoms with Crippen LogP contribution in [0.5, 0.6) is 11.5 Å². The fourth-order valence-corrected chi connectivity index (χ4v) is 2.67. The Hall–Kier alpha value is -3.68. The van der Waals surface area contributed by atoms with Crippen LogP contribution < -0.4 is 20.5 Å². The smallest absolute Gasteiger partial charge is 0.272 e. The number of aromatic nitrogens is 2. The average molecular weight is 350 g/mol. The Kier molecular flexibility index (Phi) is 4.06. The standard InChI is InChI=1S/C18H14N4O4/c23-17(8-14-12-3-1-2-4-13(12)18(24)22-20-14)21-19-9-11-5-6-15-16(7-11)26-10-25-15/h1-7,9H,8,10H2,(H,21,23)(H,22,24)/b19-9+. The molecule has 4 rings (SSSR count). The zero-order valence-corrected chi connectivity index (χ0v) is 13.6. The number of hydrogen-bond acceptors (Lipinski definition) is 6. The van der Waals surface area contributed by atoms with Crippen LogP contribution in [0.25, 0.3) is 10.8 Å². The first kappa shape index (κ1) is 15.8. The van der Waals surface area contributed by atoms with E-state index < -0.39 is 0 Å². The van der Waals surface area contributed by atoms with Gasteiger partial charge in [0.15, 0.2) is 11.5 Å². The molecule has 0 aliphatic carbocycles. The third-order valence-corrected chi connectivity index (χ3v) is 3.90. The second-order valence-electron chi connectivity index (χ2n) is 5.63. The highest BCUT2D eigenvalue weighted by atomic mass is 16.7. The van der Waals surface area contributed by atoms with Crippen LogP contribution in [-0.4, -0.2) is 29.1 Å². The molecule has 0 spiro atoms. The van der Waals surface area contributed by atoms with E-state index in [2.05, 4.69) is 20.7 Å². The van der Waals surface area contributed by atoms with Crippen molar-refractivity contribution in [2.24, 2.45) is 5.10 Å². The highest BCUT2D eigenvalue weighted by molar-refractivity contribution is 5.89. The van der Waals surface area contributed by atoms with Crippen molar-refractivity contribution >= 4 is 22.9 Å². The zero-order valence-electron chi connectivity index (χ0n) is 13.6. The second kappa shape index (κ2) is 6.67. The van der Waals surface area contributed by atoms with Crippen molar-refractivity contribution < 1.29 is 14.3 Å². The number of fused-ring (bicyclic) bond motifs is 2. The van der Waals surface area contributed by atoms with Crippen LogP contribution in [0.15, 0.2) is 52.4 Å². The monoisotopic (exact) mass is 350 g/mol. The Bertz CT molecular complexity index is 1070. The van der Waals surface area contributed by atoms with Crippen LogP contribution in [0.2, 0.25) is 0 Å². The molecule has 130 valence electrons. The average Bonchev–Trinajstić information content (AvgIpc) is 3.12. The maximum Gasteiger partial charge on any atom is 0.272 e. The summed E-state index contributed by atoms with van der Waals surface area (Å²) in [4.78, 5) is 23.9. The molecule has 0 bridgehead atoms. The van der Waals surface area contributed by atoms with Gasteiger partial charge in [0, 0.05) is 5.39 Å². The lowest BCUT2D eigenvalue weighted by atomic mass is 10.1. The summed E-state index contributed by atoms with van der Waals surface area (Å²) < 4.78 is 10.5. The van der Waals surface area contributed by atoms with Crippen molar-refractivity contribution in [2.45, 2.75) is 6.42 Å². The van der Waals surface area contributed by atoms with Crippen molar-refractivity contribution in [3.8, 4) is 11.5 Å². The van der Waals surface area contributed by atoms with Gasteiger partial charge in [-0.3, -0.25) is 9.59 Å². The molecule has 1 aliphatic heterocycles. The molecule has 0 fully saturated rings. The van der Waals surface area contributed by atoms with E-state index in [0.29, 0.717) is 28.0 Å². The van der Waals surface area contributed by atoms with Crippen LogP contribution in [0.4, 0.5) is 0 Å². The van der Waals surface area contributed by atoms with E-state index in [-0.39, 0.29) is 24.7 Å². The largest absolute Gasteiger partial charge is 0.454 e. The first-order valence-corrected chi connectivity index (χ1v) is 7.88. The van der Waals surface area contributed by atoms with Crippen LogP contribution >= 0.6 is 0 Å². The summed E-state index contributed by atoms with van der Waals surface area (Å²) in [6.45, 7) is 0.201. The van der Waals surface area contributed by atoms with Gasteiger partial charge in [-0.2, -0.15) is 10.2 Å². The minimum Gasteiger partial charge on any atom is -0.454 e. The Morgan fingerprint density at radius 2 is 2.00 bits per heavy atom. The van der Waals surface area contributed by atoms with Gasteiger partial charge in [0.05, 0.1) is 23.7 Å². The number of H-pyrrole nitrogens is 1. The molecule has 2 heterocycles. The summed E-state index contributed by atoms with van der Waals surface area (Å²) in [5.41, 5.74) is 3.41. The van der Waals surface area contributed by atoms with Crippen LogP contribution in [0.1, 0.15) is 11.3 Å². The highest BCUT2D eigenvalue weighted by Gasteiger charge is 2.13. The topological polar surface area (TPSA) is 106 Å². The van der Waals surface area contributed by atoms with E-state index in [9.17, 15) is 9.59 Å². The van der Waals surface area contributed by atoms with E-state index in [0.717, 1.165) is 5.56 Å². The minimum atomic E-state index is -0.341. The van der Waals surface area contributed by atoms with Crippen LogP contribution in [-0.2, 0) is 11.2 Å². The molecule has 0 saturated carbocycles. The molecule has 2 N–H and O–H groups in total.